The van der Waals surface area contributed by atoms with Crippen LogP contribution in [0.15, 0.2) is 84.9 Å². The van der Waals surface area contributed by atoms with Crippen molar-refractivity contribution in [3.63, 3.8) is 0 Å². The van der Waals surface area contributed by atoms with Crippen LogP contribution in [0.25, 0.3) is 0 Å². The van der Waals surface area contributed by atoms with Gasteiger partial charge in [0.05, 0.1) is 15.5 Å². The average Bonchev–Trinajstić information content (AvgIpc) is 3.09. The van der Waals surface area contributed by atoms with Gasteiger partial charge in [-0.15, -0.1) is 0 Å². The van der Waals surface area contributed by atoms with Gasteiger partial charge >= 0.3 is 5.97 Å². The first kappa shape index (κ1) is 24.9. The van der Waals surface area contributed by atoms with Crippen LogP contribution in [0.2, 0.25) is 0 Å². The lowest BCUT2D eigenvalue weighted by molar-refractivity contribution is -0.166. The maximum atomic E-state index is 13.6. The number of rotatable bonds is 6. The van der Waals surface area contributed by atoms with Crippen molar-refractivity contribution in [2.75, 3.05) is 0 Å². The number of hydrogen-bond acceptors (Lipinski definition) is 5. The molecule has 5 rings (SSSR count). The molecule has 3 aromatic rings. The number of β-lactam (4-membered cyclic amide) rings is 1. The van der Waals surface area contributed by atoms with Crippen LogP contribution in [0.4, 0.5) is 0 Å². The molecule has 3 aromatic carbocycles. The summed E-state index contributed by atoms with van der Waals surface area (Å²) in [6.07, 6.45) is -0.688. The number of amides is 2. The molecule has 0 spiro atoms. The van der Waals surface area contributed by atoms with Crippen LogP contribution >= 0.6 is 0 Å². The van der Waals surface area contributed by atoms with E-state index in [0.29, 0.717) is 5.56 Å². The Balaban J connectivity index is 1.38. The second kappa shape index (κ2) is 9.59. The number of carbonyl (C=O) groups excluding carboxylic acids is 3. The molecule has 2 saturated heterocycles. The molecule has 4 atom stereocenters. The molecule has 2 fully saturated rings. The highest BCUT2D eigenvalue weighted by atomic mass is 32.2. The van der Waals surface area contributed by atoms with Crippen LogP contribution in [-0.4, -0.2) is 49.1 Å². The Morgan fingerprint density at radius 2 is 1.46 bits per heavy atom. The van der Waals surface area contributed by atoms with E-state index < -0.39 is 56.9 Å². The van der Waals surface area contributed by atoms with Gasteiger partial charge in [0.2, 0.25) is 5.91 Å². The first-order valence-electron chi connectivity index (χ1n) is 12.1. The Kier molecular flexibility index (Phi) is 6.45. The molecule has 0 aromatic heterocycles. The lowest BCUT2D eigenvalue weighted by Gasteiger charge is -2.43. The van der Waals surface area contributed by atoms with Crippen LogP contribution < -0.4 is 5.32 Å². The molecule has 0 radical (unpaired) electrons. The summed E-state index contributed by atoms with van der Waals surface area (Å²) in [4.78, 5) is 40.9. The summed E-state index contributed by atoms with van der Waals surface area (Å²) in [5.74, 6) is -1.50. The number of fused-ring (bicyclic) bond motifs is 1. The highest BCUT2D eigenvalue weighted by molar-refractivity contribution is 7.87. The maximum Gasteiger partial charge on any atom is 0.331 e. The summed E-state index contributed by atoms with van der Waals surface area (Å²) in [5.41, 5.74) is 2.98. The third kappa shape index (κ3) is 4.35. The molecule has 8 heteroatoms. The van der Waals surface area contributed by atoms with Gasteiger partial charge in [0.1, 0.15) is 17.5 Å². The molecule has 2 aliphatic heterocycles. The maximum absolute atomic E-state index is 13.6. The summed E-state index contributed by atoms with van der Waals surface area (Å²) in [7, 11) is -1.61. The normalized spacial score (nSPS) is 23.8. The first-order chi connectivity index (χ1) is 17.7. The van der Waals surface area contributed by atoms with Crippen LogP contribution in [0.3, 0.4) is 0 Å². The Hall–Kier alpha value is -3.78. The van der Waals surface area contributed by atoms with E-state index in [4.69, 9.17) is 4.74 Å². The Morgan fingerprint density at radius 3 is 2.00 bits per heavy atom. The van der Waals surface area contributed by atoms with E-state index in [1.807, 2.05) is 79.7 Å². The number of aryl methyl sites for hydroxylation is 1. The number of benzene rings is 3. The van der Waals surface area contributed by atoms with E-state index in [0.717, 1.165) is 16.7 Å². The van der Waals surface area contributed by atoms with E-state index in [9.17, 15) is 18.6 Å². The van der Waals surface area contributed by atoms with E-state index >= 15 is 0 Å². The zero-order valence-electron chi connectivity index (χ0n) is 20.8. The van der Waals surface area contributed by atoms with Gasteiger partial charge in [-0.3, -0.25) is 13.8 Å². The molecule has 0 aliphatic carbocycles. The monoisotopic (exact) mass is 516 g/mol. The Labute approximate surface area is 218 Å². The third-order valence-corrected chi connectivity index (χ3v) is 9.21. The Morgan fingerprint density at radius 1 is 0.919 bits per heavy atom. The van der Waals surface area contributed by atoms with E-state index in [-0.39, 0.29) is 0 Å². The molecule has 0 bridgehead atoms. The minimum absolute atomic E-state index is 0.407. The number of ether oxygens (including phenoxy) is 1. The number of esters is 1. The largest absolute Gasteiger partial charge is 0.451 e. The molecular weight excluding hydrogens is 488 g/mol. The molecular formula is C29H28N2O5S. The lowest BCUT2D eigenvalue weighted by Crippen LogP contribution is -2.71. The minimum atomic E-state index is -1.61. The smallest absolute Gasteiger partial charge is 0.331 e. The van der Waals surface area contributed by atoms with Gasteiger partial charge in [0.15, 0.2) is 6.10 Å². The summed E-state index contributed by atoms with van der Waals surface area (Å²) in [6.45, 7) is 5.30. The molecule has 190 valence electrons. The summed E-state index contributed by atoms with van der Waals surface area (Å²) in [6, 6.07) is 23.7. The number of nitrogens with one attached hydrogen (secondary N) is 1. The predicted molar refractivity (Wildman–Crippen MR) is 140 cm³/mol. The van der Waals surface area contributed by atoms with Gasteiger partial charge in [-0.2, -0.15) is 0 Å². The number of carbonyl (C=O) groups is 3. The van der Waals surface area contributed by atoms with Gasteiger partial charge in [-0.05, 0) is 44.0 Å². The van der Waals surface area contributed by atoms with Crippen molar-refractivity contribution in [3.05, 3.63) is 107 Å². The van der Waals surface area contributed by atoms with Crippen molar-refractivity contribution in [2.45, 2.75) is 49.1 Å². The topological polar surface area (TPSA) is 92.8 Å². The fourth-order valence-electron chi connectivity index (χ4n) is 4.97. The van der Waals surface area contributed by atoms with Crippen molar-refractivity contribution >= 4 is 28.6 Å². The molecule has 2 aliphatic rings. The van der Waals surface area contributed by atoms with Crippen molar-refractivity contribution < 1.29 is 23.3 Å². The van der Waals surface area contributed by atoms with Gasteiger partial charge in [0.25, 0.3) is 5.91 Å². The molecule has 4 unspecified atom stereocenters. The van der Waals surface area contributed by atoms with E-state index in [1.165, 1.54) is 4.90 Å². The van der Waals surface area contributed by atoms with E-state index in [1.54, 1.807) is 26.0 Å². The standard InChI is InChI=1S/C29H28N2O5S/c1-18-14-16-21(17-15-18)25(32)30-22-26(33)31-24(29(2,3)37(35)27(22)31)28(34)36-23(19-10-6-4-7-11-19)20-12-8-5-9-13-20/h4-17,22-24,27H,1-3H3,(H,30,32). The van der Waals surface area contributed by atoms with E-state index in [2.05, 4.69) is 5.32 Å². The third-order valence-electron chi connectivity index (χ3n) is 7.02. The number of nitrogens with zero attached hydrogens (tertiary/aromatic N) is 1. The fourth-order valence-corrected chi connectivity index (χ4v) is 6.88. The summed E-state index contributed by atoms with van der Waals surface area (Å²) >= 11 is 0. The first-order valence-corrected chi connectivity index (χ1v) is 13.3. The second-order valence-corrected chi connectivity index (χ2v) is 12.0. The van der Waals surface area contributed by atoms with Crippen LogP contribution in [-0.2, 0) is 25.1 Å². The van der Waals surface area contributed by atoms with Crippen LogP contribution in [0, 0.1) is 6.92 Å². The van der Waals surface area contributed by atoms with Crippen molar-refractivity contribution in [1.82, 2.24) is 10.2 Å². The molecule has 2 amide bonds. The highest BCUT2D eigenvalue weighted by Crippen LogP contribution is 2.44. The molecule has 37 heavy (non-hydrogen) atoms. The van der Waals surface area contributed by atoms with Crippen molar-refractivity contribution in [1.29, 1.82) is 0 Å². The lowest BCUT2D eigenvalue weighted by atomic mass is 9.95. The SMILES string of the molecule is Cc1ccc(C(=O)NC2C(=O)N3C2S(=O)C(C)(C)C3C(=O)OC(c2ccccc2)c2ccccc2)cc1. The van der Waals surface area contributed by atoms with Crippen molar-refractivity contribution in [3.8, 4) is 0 Å². The highest BCUT2D eigenvalue weighted by Gasteiger charge is 2.68. The summed E-state index contributed by atoms with van der Waals surface area (Å²) in [5, 5.41) is 1.91. The molecule has 0 saturated carbocycles. The number of hydrogen-bond donors (Lipinski definition) is 1. The van der Waals surface area contributed by atoms with Gasteiger partial charge in [-0.1, -0.05) is 78.4 Å². The minimum Gasteiger partial charge on any atom is -0.451 e. The Bertz CT molecular complexity index is 1320. The molecule has 2 heterocycles. The fraction of sp³-hybridized carbons (Fsp3) is 0.276. The van der Waals surface area contributed by atoms with Gasteiger partial charge < -0.3 is 15.0 Å². The summed E-state index contributed by atoms with van der Waals surface area (Å²) < 4.78 is 18.5. The van der Waals surface area contributed by atoms with Gasteiger partial charge in [0, 0.05) is 5.56 Å². The zero-order valence-corrected chi connectivity index (χ0v) is 21.6. The zero-order chi connectivity index (χ0) is 26.3. The van der Waals surface area contributed by atoms with Crippen LogP contribution in [0.1, 0.15) is 47.0 Å². The molecule has 7 nitrogen and oxygen atoms in total. The second-order valence-electron chi connectivity index (χ2n) is 9.89. The molecule has 1 N–H and O–H groups in total. The average molecular weight is 517 g/mol. The predicted octanol–water partition coefficient (Wildman–Crippen LogP) is 3.50. The van der Waals surface area contributed by atoms with Crippen LogP contribution in [0.5, 0.6) is 0 Å². The van der Waals surface area contributed by atoms with Crippen molar-refractivity contribution in [2.24, 2.45) is 0 Å². The quantitative estimate of drug-likeness (QED) is 0.400. The van der Waals surface area contributed by atoms with Gasteiger partial charge in [-0.25, -0.2) is 4.79 Å².